The largest absolute Gasteiger partial charge is 0.346 e. The summed E-state index contributed by atoms with van der Waals surface area (Å²) in [5, 5.41) is 6.32. The number of nitrogens with zero attached hydrogens (tertiary/aromatic N) is 2. The molecule has 1 atom stereocenters. The summed E-state index contributed by atoms with van der Waals surface area (Å²) in [6.07, 6.45) is 4.21. The molecule has 7 heteroatoms. The first-order chi connectivity index (χ1) is 9.79. The van der Waals surface area contributed by atoms with E-state index in [4.69, 9.17) is 0 Å². The van der Waals surface area contributed by atoms with Gasteiger partial charge in [-0.1, -0.05) is 0 Å². The van der Waals surface area contributed by atoms with Crippen molar-refractivity contribution in [3.8, 4) is 0 Å². The molecule has 3 aliphatic rings. The molecule has 120 valence electrons. The fourth-order valence-electron chi connectivity index (χ4n) is 3.35. The molecule has 0 aliphatic carbocycles. The monoisotopic (exact) mass is 359 g/mol. The van der Waals surface area contributed by atoms with Crippen LogP contribution < -0.4 is 5.32 Å². The SMILES string of the molecule is Cl.Cl.O=C(N[C@H]1CN2CCC1CC2)c1cc2sccc2cn1. The third kappa shape index (κ3) is 3.23. The Labute approximate surface area is 146 Å². The third-order valence-electron chi connectivity index (χ3n) is 4.54. The van der Waals surface area contributed by atoms with Crippen LogP contribution in [0.5, 0.6) is 0 Å². The maximum atomic E-state index is 12.4. The van der Waals surface area contributed by atoms with Gasteiger partial charge in [0.25, 0.3) is 5.91 Å². The summed E-state index contributed by atoms with van der Waals surface area (Å²) >= 11 is 1.65. The van der Waals surface area contributed by atoms with Crippen LogP contribution in [0.1, 0.15) is 23.3 Å². The Hall–Kier alpha value is -0.880. The van der Waals surface area contributed by atoms with Gasteiger partial charge in [-0.25, -0.2) is 0 Å². The summed E-state index contributed by atoms with van der Waals surface area (Å²) in [7, 11) is 0. The molecule has 0 aromatic carbocycles. The normalized spacial score (nSPS) is 26.1. The van der Waals surface area contributed by atoms with Crippen molar-refractivity contribution in [1.29, 1.82) is 0 Å². The van der Waals surface area contributed by atoms with E-state index in [0.717, 1.165) is 16.6 Å². The number of carbonyl (C=O) groups is 1. The third-order valence-corrected chi connectivity index (χ3v) is 5.42. The van der Waals surface area contributed by atoms with Gasteiger partial charge in [-0.2, -0.15) is 0 Å². The molecular formula is C15H19Cl2N3OS. The highest BCUT2D eigenvalue weighted by Gasteiger charge is 2.35. The van der Waals surface area contributed by atoms with Gasteiger partial charge in [-0.15, -0.1) is 36.2 Å². The molecule has 1 N–H and O–H groups in total. The van der Waals surface area contributed by atoms with Gasteiger partial charge in [-0.3, -0.25) is 9.78 Å². The van der Waals surface area contributed by atoms with Crippen LogP contribution in [0.4, 0.5) is 0 Å². The maximum absolute atomic E-state index is 12.4. The van der Waals surface area contributed by atoms with Crippen molar-refractivity contribution in [3.05, 3.63) is 29.4 Å². The van der Waals surface area contributed by atoms with Gasteiger partial charge >= 0.3 is 0 Å². The first-order valence-corrected chi connectivity index (χ1v) is 8.04. The van der Waals surface area contributed by atoms with Crippen LogP contribution in [0.2, 0.25) is 0 Å². The number of hydrogen-bond donors (Lipinski definition) is 1. The zero-order valence-electron chi connectivity index (χ0n) is 12.0. The first kappa shape index (κ1) is 17.5. The summed E-state index contributed by atoms with van der Waals surface area (Å²) in [4.78, 5) is 19.1. The maximum Gasteiger partial charge on any atom is 0.270 e. The number of carbonyl (C=O) groups excluding carboxylic acids is 1. The minimum Gasteiger partial charge on any atom is -0.346 e. The lowest BCUT2D eigenvalue weighted by atomic mass is 9.84. The molecule has 1 amide bonds. The fraction of sp³-hybridized carbons (Fsp3) is 0.467. The van der Waals surface area contributed by atoms with Crippen LogP contribution in [0.25, 0.3) is 10.1 Å². The van der Waals surface area contributed by atoms with Crippen LogP contribution in [-0.4, -0.2) is 41.5 Å². The molecule has 0 saturated carbocycles. The van der Waals surface area contributed by atoms with E-state index in [2.05, 4.69) is 15.2 Å². The second-order valence-corrected chi connectivity index (χ2v) is 6.69. The Morgan fingerprint density at radius 1 is 1.32 bits per heavy atom. The van der Waals surface area contributed by atoms with Gasteiger partial charge in [0.1, 0.15) is 5.69 Å². The van der Waals surface area contributed by atoms with Crippen LogP contribution in [-0.2, 0) is 0 Å². The van der Waals surface area contributed by atoms with Crippen molar-refractivity contribution in [2.75, 3.05) is 19.6 Å². The summed E-state index contributed by atoms with van der Waals surface area (Å²) in [5.74, 6) is 0.619. The Morgan fingerprint density at radius 2 is 2.09 bits per heavy atom. The number of amides is 1. The smallest absolute Gasteiger partial charge is 0.270 e. The van der Waals surface area contributed by atoms with Crippen molar-refractivity contribution in [1.82, 2.24) is 15.2 Å². The minimum absolute atomic E-state index is 0. The lowest BCUT2D eigenvalue weighted by Gasteiger charge is -2.44. The lowest BCUT2D eigenvalue weighted by molar-refractivity contribution is 0.0618. The average molecular weight is 360 g/mol. The number of halogens is 2. The number of piperidine rings is 3. The van der Waals surface area contributed by atoms with Crippen LogP contribution in [0, 0.1) is 5.92 Å². The van der Waals surface area contributed by atoms with Gasteiger partial charge in [0.05, 0.1) is 0 Å². The molecule has 4 nitrogen and oxygen atoms in total. The van der Waals surface area contributed by atoms with Gasteiger partial charge in [0.15, 0.2) is 0 Å². The second kappa shape index (κ2) is 7.13. The number of nitrogens with one attached hydrogen (secondary N) is 1. The molecule has 22 heavy (non-hydrogen) atoms. The molecular weight excluding hydrogens is 341 g/mol. The molecule has 2 bridgehead atoms. The molecule has 3 aliphatic heterocycles. The van der Waals surface area contributed by atoms with Gasteiger partial charge in [-0.05, 0) is 49.4 Å². The van der Waals surface area contributed by atoms with E-state index in [1.54, 1.807) is 17.5 Å². The van der Waals surface area contributed by atoms with Gasteiger partial charge in [0, 0.05) is 28.9 Å². The molecule has 0 unspecified atom stereocenters. The highest BCUT2D eigenvalue weighted by atomic mass is 35.5. The minimum atomic E-state index is -0.0287. The molecule has 2 aromatic rings. The zero-order chi connectivity index (χ0) is 13.5. The molecule has 5 heterocycles. The average Bonchev–Trinajstić information content (AvgIpc) is 2.96. The summed E-state index contributed by atoms with van der Waals surface area (Å²) in [5.41, 5.74) is 0.538. The Kier molecular flexibility index (Phi) is 5.66. The number of rotatable bonds is 2. The molecule has 0 spiro atoms. The van der Waals surface area contributed by atoms with E-state index in [0.29, 0.717) is 17.7 Å². The topological polar surface area (TPSA) is 45.2 Å². The quantitative estimate of drug-likeness (QED) is 0.896. The first-order valence-electron chi connectivity index (χ1n) is 7.16. The van der Waals surface area contributed by atoms with E-state index in [1.807, 2.05) is 17.5 Å². The molecule has 0 radical (unpaired) electrons. The van der Waals surface area contributed by atoms with Crippen molar-refractivity contribution in [2.45, 2.75) is 18.9 Å². The molecule has 5 rings (SSSR count). The van der Waals surface area contributed by atoms with E-state index < -0.39 is 0 Å². The van der Waals surface area contributed by atoms with E-state index in [1.165, 1.54) is 25.9 Å². The Balaban J connectivity index is 0.000000882. The number of pyridine rings is 1. The number of hydrogen-bond acceptors (Lipinski definition) is 4. The highest BCUT2D eigenvalue weighted by molar-refractivity contribution is 7.17. The van der Waals surface area contributed by atoms with Crippen molar-refractivity contribution in [3.63, 3.8) is 0 Å². The zero-order valence-corrected chi connectivity index (χ0v) is 14.5. The summed E-state index contributed by atoms with van der Waals surface area (Å²) in [6.45, 7) is 3.38. The fourth-order valence-corrected chi connectivity index (χ4v) is 4.15. The van der Waals surface area contributed by atoms with Crippen molar-refractivity contribution in [2.24, 2.45) is 5.92 Å². The van der Waals surface area contributed by atoms with Crippen LogP contribution in [0.15, 0.2) is 23.7 Å². The predicted octanol–water partition coefficient (Wildman–Crippen LogP) is 2.96. The van der Waals surface area contributed by atoms with E-state index >= 15 is 0 Å². The van der Waals surface area contributed by atoms with Crippen LogP contribution >= 0.6 is 36.2 Å². The summed E-state index contributed by atoms with van der Waals surface area (Å²) < 4.78 is 1.12. The van der Waals surface area contributed by atoms with Crippen LogP contribution in [0.3, 0.4) is 0 Å². The number of fused-ring (bicyclic) bond motifs is 4. The lowest BCUT2D eigenvalue weighted by Crippen LogP contribution is -2.57. The highest BCUT2D eigenvalue weighted by Crippen LogP contribution is 2.27. The van der Waals surface area contributed by atoms with E-state index in [9.17, 15) is 4.79 Å². The molecule has 3 fully saturated rings. The standard InChI is InChI=1S/C15H17N3OS.2ClH/c19-15(12-7-14-11(8-16-12)3-6-20-14)17-13-9-18-4-1-10(13)2-5-18;;/h3,6-8,10,13H,1-2,4-5,9H2,(H,17,19);2*1H/t13-;;/m0../s1. The Morgan fingerprint density at radius 3 is 2.77 bits per heavy atom. The second-order valence-electron chi connectivity index (χ2n) is 5.75. The number of aromatic nitrogens is 1. The van der Waals surface area contributed by atoms with Gasteiger partial charge in [0.2, 0.25) is 0 Å². The Bertz CT molecular complexity index is 655. The number of thiophene rings is 1. The summed E-state index contributed by atoms with van der Waals surface area (Å²) in [6, 6.07) is 4.23. The van der Waals surface area contributed by atoms with E-state index in [-0.39, 0.29) is 30.7 Å². The predicted molar refractivity (Wildman–Crippen MR) is 94.5 cm³/mol. The van der Waals surface area contributed by atoms with Crippen molar-refractivity contribution < 1.29 is 4.79 Å². The van der Waals surface area contributed by atoms with Gasteiger partial charge < -0.3 is 10.2 Å². The molecule has 3 saturated heterocycles. The molecule has 2 aromatic heterocycles. The van der Waals surface area contributed by atoms with Crippen molar-refractivity contribution >= 4 is 52.1 Å².